The minimum absolute atomic E-state index is 0.144. The van der Waals surface area contributed by atoms with Gasteiger partial charge in [-0.3, -0.25) is 9.59 Å². The van der Waals surface area contributed by atoms with Crippen molar-refractivity contribution in [1.82, 2.24) is 0 Å². The monoisotopic (exact) mass is 351 g/mol. The average molecular weight is 351 g/mol. The number of benzene rings is 3. The highest BCUT2D eigenvalue weighted by molar-refractivity contribution is 6.27. The lowest BCUT2D eigenvalue weighted by Crippen LogP contribution is -2.45. The average Bonchev–Trinajstić information content (AvgIpc) is 2.73. The number of amides is 2. The van der Waals surface area contributed by atoms with Gasteiger partial charge < -0.3 is 0 Å². The number of hydrogen-bond donors (Lipinski definition) is 0. The van der Waals surface area contributed by atoms with Crippen LogP contribution in [0.15, 0.2) is 84.9 Å². The van der Waals surface area contributed by atoms with E-state index in [-0.39, 0.29) is 17.7 Å². The van der Waals surface area contributed by atoms with Crippen molar-refractivity contribution in [3.63, 3.8) is 0 Å². The van der Waals surface area contributed by atoms with Crippen molar-refractivity contribution in [2.45, 2.75) is 12.3 Å². The molecule has 0 N–H and O–H groups in total. The van der Waals surface area contributed by atoms with Gasteiger partial charge in [-0.05, 0) is 46.9 Å². The summed E-state index contributed by atoms with van der Waals surface area (Å²) in [4.78, 5) is 27.8. The third kappa shape index (κ3) is 2.36. The zero-order valence-corrected chi connectivity index (χ0v) is 14.6. The summed E-state index contributed by atoms with van der Waals surface area (Å²) < 4.78 is 0. The number of rotatable bonds is 2. The van der Waals surface area contributed by atoms with Gasteiger partial charge in [0.15, 0.2) is 0 Å². The normalized spacial score (nSPS) is 18.1. The summed E-state index contributed by atoms with van der Waals surface area (Å²) in [5, 5.41) is 0. The van der Waals surface area contributed by atoms with Crippen LogP contribution in [-0.4, -0.2) is 11.8 Å². The van der Waals surface area contributed by atoms with Gasteiger partial charge in [-0.1, -0.05) is 66.7 Å². The molecule has 0 saturated heterocycles. The second-order valence-electron chi connectivity index (χ2n) is 6.85. The molecule has 0 saturated carbocycles. The molecule has 5 rings (SSSR count). The Balaban J connectivity index is 1.68. The summed E-state index contributed by atoms with van der Waals surface area (Å²) in [6.07, 6.45) is 2.73. The topological polar surface area (TPSA) is 37.4 Å². The second kappa shape index (κ2) is 6.06. The Morgan fingerprint density at radius 2 is 1.41 bits per heavy atom. The molecule has 1 atom stereocenters. The zero-order valence-electron chi connectivity index (χ0n) is 14.6. The lowest BCUT2D eigenvalue weighted by atomic mass is 9.75. The van der Waals surface area contributed by atoms with Crippen LogP contribution in [0.2, 0.25) is 0 Å². The van der Waals surface area contributed by atoms with E-state index in [1.54, 1.807) is 12.1 Å². The highest BCUT2D eigenvalue weighted by atomic mass is 16.2. The van der Waals surface area contributed by atoms with Crippen molar-refractivity contribution in [1.29, 1.82) is 0 Å². The summed E-state index contributed by atoms with van der Waals surface area (Å²) in [6, 6.07) is 25.1. The molecular weight excluding hydrogens is 334 g/mol. The maximum atomic E-state index is 13.2. The molecular formula is C24H17NO2. The minimum atomic E-state index is -0.318. The van der Waals surface area contributed by atoms with Crippen molar-refractivity contribution in [3.8, 4) is 0 Å². The molecule has 27 heavy (non-hydrogen) atoms. The summed E-state index contributed by atoms with van der Waals surface area (Å²) >= 11 is 0. The van der Waals surface area contributed by atoms with E-state index in [2.05, 4.69) is 18.2 Å². The predicted octanol–water partition coefficient (Wildman–Crippen LogP) is 4.79. The molecule has 1 aliphatic heterocycles. The summed E-state index contributed by atoms with van der Waals surface area (Å²) in [5.41, 5.74) is 5.32. The van der Waals surface area contributed by atoms with Crippen LogP contribution in [0.1, 0.15) is 39.4 Å². The fraction of sp³-hybridized carbons (Fsp3) is 0.0833. The van der Waals surface area contributed by atoms with Crippen LogP contribution in [0, 0.1) is 0 Å². The Morgan fingerprint density at radius 1 is 0.741 bits per heavy atom. The molecule has 0 aromatic heterocycles. The molecule has 1 aliphatic carbocycles. The van der Waals surface area contributed by atoms with Crippen LogP contribution in [0.3, 0.4) is 0 Å². The smallest absolute Gasteiger partial charge is 0.265 e. The first-order chi connectivity index (χ1) is 13.3. The number of imide groups is 1. The van der Waals surface area contributed by atoms with Crippen LogP contribution < -0.4 is 4.90 Å². The van der Waals surface area contributed by atoms with Crippen LogP contribution in [-0.2, 0) is 4.79 Å². The van der Waals surface area contributed by atoms with Gasteiger partial charge in [0.1, 0.15) is 0 Å². The highest BCUT2D eigenvalue weighted by Crippen LogP contribution is 2.44. The van der Waals surface area contributed by atoms with Gasteiger partial charge in [0, 0.05) is 5.56 Å². The number of carbonyl (C=O) groups is 2. The van der Waals surface area contributed by atoms with Crippen molar-refractivity contribution in [2.75, 3.05) is 4.90 Å². The largest absolute Gasteiger partial charge is 0.273 e. The molecule has 0 radical (unpaired) electrons. The number of hydrogen-bond acceptors (Lipinski definition) is 2. The third-order valence-electron chi connectivity index (χ3n) is 5.35. The number of anilines is 1. The molecule has 1 heterocycles. The maximum Gasteiger partial charge on any atom is 0.265 e. The van der Waals surface area contributed by atoms with E-state index < -0.39 is 0 Å². The zero-order chi connectivity index (χ0) is 18.4. The molecule has 1 unspecified atom stereocenters. The first-order valence-electron chi connectivity index (χ1n) is 9.08. The molecule has 0 fully saturated rings. The van der Waals surface area contributed by atoms with Crippen molar-refractivity contribution in [2.24, 2.45) is 0 Å². The fourth-order valence-electron chi connectivity index (χ4n) is 4.14. The number of para-hydroxylation sites is 1. The molecule has 2 amide bonds. The summed E-state index contributed by atoms with van der Waals surface area (Å²) in [7, 11) is 0. The molecule has 3 aromatic carbocycles. The SMILES string of the molecule is O=C1c2cccc3c2C(CC=C3c2ccccc2)C(=O)N1c1ccccc1. The second-order valence-corrected chi connectivity index (χ2v) is 6.85. The quantitative estimate of drug-likeness (QED) is 0.622. The molecule has 2 aliphatic rings. The van der Waals surface area contributed by atoms with E-state index in [0.717, 1.165) is 22.3 Å². The Kier molecular flexibility index (Phi) is 3.54. The Bertz CT molecular complexity index is 1080. The maximum absolute atomic E-state index is 13.2. The number of allylic oxidation sites excluding steroid dienone is 1. The van der Waals surface area contributed by atoms with Crippen LogP contribution in [0.5, 0.6) is 0 Å². The first kappa shape index (κ1) is 15.8. The lowest BCUT2D eigenvalue weighted by molar-refractivity contribution is -0.119. The van der Waals surface area contributed by atoms with Crippen LogP contribution in [0.25, 0.3) is 5.57 Å². The first-order valence-corrected chi connectivity index (χ1v) is 9.08. The van der Waals surface area contributed by atoms with Gasteiger partial charge in [0.2, 0.25) is 5.91 Å². The molecule has 3 aromatic rings. The van der Waals surface area contributed by atoms with E-state index in [4.69, 9.17) is 0 Å². The Labute approximate surface area is 157 Å². The molecule has 130 valence electrons. The predicted molar refractivity (Wildman–Crippen MR) is 106 cm³/mol. The van der Waals surface area contributed by atoms with Crippen LogP contribution >= 0.6 is 0 Å². The van der Waals surface area contributed by atoms with Crippen LogP contribution in [0.4, 0.5) is 5.69 Å². The van der Waals surface area contributed by atoms with E-state index in [9.17, 15) is 9.59 Å². The number of nitrogens with zero attached hydrogens (tertiary/aromatic N) is 1. The van der Waals surface area contributed by atoms with E-state index in [1.807, 2.05) is 54.6 Å². The van der Waals surface area contributed by atoms with Crippen molar-refractivity contribution >= 4 is 23.1 Å². The minimum Gasteiger partial charge on any atom is -0.273 e. The standard InChI is InChI=1S/C24H17NO2/c26-23-20-13-7-12-19-18(16-8-3-1-4-9-16)14-15-21(22(19)20)24(27)25(23)17-10-5-2-6-11-17/h1-14,21H,15H2. The van der Waals surface area contributed by atoms with Gasteiger partial charge in [0.25, 0.3) is 5.91 Å². The molecule has 0 spiro atoms. The van der Waals surface area contributed by atoms with Gasteiger partial charge in [-0.25, -0.2) is 4.90 Å². The van der Waals surface area contributed by atoms with Gasteiger partial charge in [0.05, 0.1) is 11.6 Å². The Morgan fingerprint density at radius 3 is 2.15 bits per heavy atom. The summed E-state index contributed by atoms with van der Waals surface area (Å²) in [5.74, 6) is -0.704. The summed E-state index contributed by atoms with van der Waals surface area (Å²) in [6.45, 7) is 0. The van der Waals surface area contributed by atoms with E-state index in [0.29, 0.717) is 17.7 Å². The van der Waals surface area contributed by atoms with Gasteiger partial charge in [-0.15, -0.1) is 0 Å². The van der Waals surface area contributed by atoms with Gasteiger partial charge in [-0.2, -0.15) is 0 Å². The third-order valence-corrected chi connectivity index (χ3v) is 5.35. The molecule has 3 heteroatoms. The molecule has 3 nitrogen and oxygen atoms in total. The van der Waals surface area contributed by atoms with E-state index in [1.165, 1.54) is 4.90 Å². The lowest BCUT2D eigenvalue weighted by Gasteiger charge is -2.36. The molecule has 0 bridgehead atoms. The van der Waals surface area contributed by atoms with E-state index >= 15 is 0 Å². The van der Waals surface area contributed by atoms with Crippen molar-refractivity contribution < 1.29 is 9.59 Å². The Hall–Kier alpha value is -3.46. The van der Waals surface area contributed by atoms with Gasteiger partial charge >= 0.3 is 0 Å². The number of carbonyl (C=O) groups excluding carboxylic acids is 2. The fourth-order valence-corrected chi connectivity index (χ4v) is 4.14. The van der Waals surface area contributed by atoms with Crippen molar-refractivity contribution in [3.05, 3.63) is 107 Å². The highest BCUT2D eigenvalue weighted by Gasteiger charge is 2.42.